The lowest BCUT2D eigenvalue weighted by Gasteiger charge is -2.23. The van der Waals surface area contributed by atoms with Crippen LogP contribution in [-0.2, 0) is 0 Å². The Morgan fingerprint density at radius 1 is 0.800 bits per heavy atom. The molecule has 0 amide bonds. The Bertz CT molecular complexity index is 913. The molecular weight excluding hydrogens is 319 g/mol. The van der Waals surface area contributed by atoms with Crippen molar-refractivity contribution in [3.05, 3.63) is 48.8 Å². The van der Waals surface area contributed by atoms with Gasteiger partial charge in [-0.05, 0) is 24.3 Å². The van der Waals surface area contributed by atoms with Gasteiger partial charge in [-0.3, -0.25) is 0 Å². The minimum absolute atomic E-state index is 0.243. The van der Waals surface area contributed by atoms with Crippen LogP contribution in [0.5, 0.6) is 0 Å². The fraction of sp³-hybridized carbons (Fsp3) is 0.333. The van der Waals surface area contributed by atoms with Gasteiger partial charge >= 0.3 is 0 Å². The molecule has 0 N–H and O–H groups in total. The molecule has 0 aliphatic carbocycles. The lowest BCUT2D eigenvalue weighted by Crippen LogP contribution is -2.30. The van der Waals surface area contributed by atoms with E-state index in [1.807, 2.05) is 12.1 Å². The maximum Gasteiger partial charge on any atom is 0.165 e. The molecule has 6 nitrogen and oxygen atoms in total. The average Bonchev–Trinajstić information content (AvgIpc) is 3.20. The maximum absolute atomic E-state index is 14.0. The highest BCUT2D eigenvalue weighted by Gasteiger charge is 2.41. The fourth-order valence-corrected chi connectivity index (χ4v) is 4.08. The molecule has 0 radical (unpaired) electrons. The molecule has 0 saturated carbocycles. The number of halogens is 1. The van der Waals surface area contributed by atoms with E-state index in [2.05, 4.69) is 29.7 Å². The number of nitrogens with zero attached hydrogens (tertiary/aromatic N) is 6. The van der Waals surface area contributed by atoms with Gasteiger partial charge in [-0.2, -0.15) is 0 Å². The minimum Gasteiger partial charge on any atom is -0.355 e. The molecule has 0 bridgehead atoms. The van der Waals surface area contributed by atoms with Gasteiger partial charge in [0.25, 0.3) is 0 Å². The molecule has 0 spiro atoms. The van der Waals surface area contributed by atoms with Crippen molar-refractivity contribution in [3.8, 4) is 0 Å². The summed E-state index contributed by atoms with van der Waals surface area (Å²) in [6.07, 6.45) is 4.98. The first kappa shape index (κ1) is 14.5. The van der Waals surface area contributed by atoms with Crippen LogP contribution in [0.3, 0.4) is 0 Å². The van der Waals surface area contributed by atoms with Gasteiger partial charge in [-0.1, -0.05) is 0 Å². The zero-order valence-corrected chi connectivity index (χ0v) is 13.6. The molecule has 2 aliphatic rings. The van der Waals surface area contributed by atoms with E-state index >= 15 is 0 Å². The summed E-state index contributed by atoms with van der Waals surface area (Å²) in [4.78, 5) is 21.6. The summed E-state index contributed by atoms with van der Waals surface area (Å²) in [5, 5.41) is 0.984. The number of fused-ring (bicyclic) bond motifs is 2. The van der Waals surface area contributed by atoms with Crippen molar-refractivity contribution in [1.29, 1.82) is 0 Å². The molecule has 3 aromatic heterocycles. The number of hydrogen-bond donors (Lipinski definition) is 0. The van der Waals surface area contributed by atoms with Crippen molar-refractivity contribution in [2.45, 2.75) is 0 Å². The van der Waals surface area contributed by atoms with E-state index < -0.39 is 0 Å². The van der Waals surface area contributed by atoms with Gasteiger partial charge in [0.1, 0.15) is 12.1 Å². The average molecular weight is 336 g/mol. The third kappa shape index (κ3) is 2.38. The van der Waals surface area contributed by atoms with Gasteiger partial charge in [-0.15, -0.1) is 0 Å². The molecule has 7 heteroatoms. The van der Waals surface area contributed by atoms with Crippen LogP contribution in [0.1, 0.15) is 0 Å². The Hall–Kier alpha value is -2.83. The van der Waals surface area contributed by atoms with Gasteiger partial charge in [0, 0.05) is 50.4 Å². The van der Waals surface area contributed by atoms with E-state index in [0.717, 1.165) is 43.0 Å². The highest BCUT2D eigenvalue weighted by atomic mass is 19.1. The molecule has 25 heavy (non-hydrogen) atoms. The van der Waals surface area contributed by atoms with Crippen molar-refractivity contribution < 1.29 is 4.39 Å². The van der Waals surface area contributed by atoms with Gasteiger partial charge in [0.2, 0.25) is 0 Å². The van der Waals surface area contributed by atoms with Crippen molar-refractivity contribution in [3.63, 3.8) is 0 Å². The summed E-state index contributed by atoms with van der Waals surface area (Å²) in [7, 11) is 0. The van der Waals surface area contributed by atoms with Crippen LogP contribution in [0.15, 0.2) is 43.0 Å². The zero-order valence-electron chi connectivity index (χ0n) is 13.6. The van der Waals surface area contributed by atoms with Crippen molar-refractivity contribution in [1.82, 2.24) is 19.9 Å². The first-order valence-corrected chi connectivity index (χ1v) is 8.46. The van der Waals surface area contributed by atoms with E-state index in [1.54, 1.807) is 24.8 Å². The largest absolute Gasteiger partial charge is 0.355 e. The molecule has 2 atom stereocenters. The lowest BCUT2D eigenvalue weighted by molar-refractivity contribution is 0.533. The van der Waals surface area contributed by atoms with Gasteiger partial charge in [0.05, 0.1) is 5.39 Å². The Morgan fingerprint density at radius 3 is 2.24 bits per heavy atom. The highest BCUT2D eigenvalue weighted by molar-refractivity contribution is 5.86. The molecule has 0 aromatic carbocycles. The van der Waals surface area contributed by atoms with Crippen LogP contribution >= 0.6 is 0 Å². The van der Waals surface area contributed by atoms with Gasteiger partial charge in [0.15, 0.2) is 17.3 Å². The summed E-state index contributed by atoms with van der Waals surface area (Å²) in [5.41, 5.74) is 0.724. The van der Waals surface area contributed by atoms with Crippen molar-refractivity contribution in [2.24, 2.45) is 11.8 Å². The summed E-state index contributed by atoms with van der Waals surface area (Å²) in [6.45, 7) is 3.49. The van der Waals surface area contributed by atoms with Gasteiger partial charge in [-0.25, -0.2) is 24.3 Å². The third-order valence-corrected chi connectivity index (χ3v) is 5.21. The predicted molar refractivity (Wildman–Crippen MR) is 92.9 cm³/mol. The zero-order chi connectivity index (χ0) is 16.8. The molecular formula is C18H17FN6. The number of hydrogen-bond acceptors (Lipinski definition) is 6. The second kappa shape index (κ2) is 5.61. The van der Waals surface area contributed by atoms with E-state index in [-0.39, 0.29) is 5.82 Å². The molecule has 2 saturated heterocycles. The number of anilines is 2. The summed E-state index contributed by atoms with van der Waals surface area (Å²) in [6, 6.07) is 7.04. The second-order valence-corrected chi connectivity index (χ2v) is 6.71. The number of rotatable bonds is 2. The standard InChI is InChI=1S/C18H17FN6/c19-15-4-2-6-21-18(15)25-9-12-7-24(8-13(12)10-25)17-14-3-1-5-20-16(14)22-11-23-17/h1-6,11-13H,7-10H2. The molecule has 5 heterocycles. The lowest BCUT2D eigenvalue weighted by atomic mass is 10.0. The summed E-state index contributed by atoms with van der Waals surface area (Å²) < 4.78 is 14.0. The Labute approximate surface area is 144 Å². The molecule has 126 valence electrons. The monoisotopic (exact) mass is 336 g/mol. The molecule has 5 rings (SSSR count). The molecule has 2 fully saturated rings. The van der Waals surface area contributed by atoms with Crippen LogP contribution < -0.4 is 9.80 Å². The molecule has 2 unspecified atom stereocenters. The SMILES string of the molecule is Fc1cccnc1N1CC2CN(c3ncnc4ncccc34)CC2C1. The van der Waals surface area contributed by atoms with E-state index in [0.29, 0.717) is 17.7 Å². The smallest absolute Gasteiger partial charge is 0.165 e. The minimum atomic E-state index is -0.243. The number of aromatic nitrogens is 4. The fourth-order valence-electron chi connectivity index (χ4n) is 4.08. The van der Waals surface area contributed by atoms with E-state index in [4.69, 9.17) is 0 Å². The van der Waals surface area contributed by atoms with Crippen LogP contribution in [-0.4, -0.2) is 46.1 Å². The topological polar surface area (TPSA) is 58.0 Å². The summed E-state index contributed by atoms with van der Waals surface area (Å²) in [5.74, 6) is 2.15. The predicted octanol–water partition coefficient (Wildman–Crippen LogP) is 2.13. The quantitative estimate of drug-likeness (QED) is 0.715. The summed E-state index contributed by atoms with van der Waals surface area (Å²) >= 11 is 0. The molecule has 2 aliphatic heterocycles. The van der Waals surface area contributed by atoms with Crippen LogP contribution in [0.25, 0.3) is 11.0 Å². The van der Waals surface area contributed by atoms with Crippen molar-refractivity contribution in [2.75, 3.05) is 36.0 Å². The van der Waals surface area contributed by atoms with E-state index in [1.165, 1.54) is 6.07 Å². The molecule has 3 aromatic rings. The third-order valence-electron chi connectivity index (χ3n) is 5.21. The first-order chi connectivity index (χ1) is 12.3. The maximum atomic E-state index is 14.0. The Kier molecular flexibility index (Phi) is 3.26. The van der Waals surface area contributed by atoms with Crippen molar-refractivity contribution >= 4 is 22.7 Å². The normalized spacial score (nSPS) is 22.6. The van der Waals surface area contributed by atoms with Crippen LogP contribution in [0.2, 0.25) is 0 Å². The Morgan fingerprint density at radius 2 is 1.48 bits per heavy atom. The van der Waals surface area contributed by atoms with Crippen LogP contribution in [0, 0.1) is 17.7 Å². The van der Waals surface area contributed by atoms with Gasteiger partial charge < -0.3 is 9.80 Å². The van der Waals surface area contributed by atoms with Crippen LogP contribution in [0.4, 0.5) is 16.0 Å². The second-order valence-electron chi connectivity index (χ2n) is 6.71. The van der Waals surface area contributed by atoms with E-state index in [9.17, 15) is 4.39 Å². The Balaban J connectivity index is 1.38. The first-order valence-electron chi connectivity index (χ1n) is 8.46. The number of pyridine rings is 2. The highest BCUT2D eigenvalue weighted by Crippen LogP contribution is 2.36.